The Kier molecular flexibility index (Phi) is 6.83. The van der Waals surface area contributed by atoms with Crippen LogP contribution in [0.25, 0.3) is 0 Å². The van der Waals surface area contributed by atoms with Crippen LogP contribution in [0.4, 0.5) is 0 Å². The summed E-state index contributed by atoms with van der Waals surface area (Å²) < 4.78 is 0. The third-order valence-electron chi connectivity index (χ3n) is 1.56. The molecular weight excluding hydrogens is 211 g/mol. The molecule has 2 heteroatoms. The summed E-state index contributed by atoms with van der Waals surface area (Å²) in [5.74, 6) is 0. The van der Waals surface area contributed by atoms with Crippen LogP contribution < -0.4 is 0 Å². The van der Waals surface area contributed by atoms with E-state index in [1.54, 1.807) is 0 Å². The monoisotopic (exact) mass is 224 g/mol. The Hall–Kier alpha value is 0.0295. The van der Waals surface area contributed by atoms with Gasteiger partial charge in [-0.05, 0) is 0 Å². The van der Waals surface area contributed by atoms with Crippen LogP contribution in [-0.2, 0) is 22.5 Å². The van der Waals surface area contributed by atoms with Crippen LogP contribution in [0.2, 0.25) is 0 Å². The van der Waals surface area contributed by atoms with E-state index in [2.05, 4.69) is 32.9 Å². The zero-order valence-corrected chi connectivity index (χ0v) is 9.38. The number of hydrogen-bond acceptors (Lipinski definition) is 0. The van der Waals surface area contributed by atoms with E-state index in [-0.39, 0.29) is 34.9 Å². The van der Waals surface area contributed by atoms with Crippen molar-refractivity contribution in [3.8, 4) is 0 Å². The third-order valence-corrected chi connectivity index (χ3v) is 1.56. The van der Waals surface area contributed by atoms with Crippen molar-refractivity contribution in [1.82, 2.24) is 0 Å². The summed E-state index contributed by atoms with van der Waals surface area (Å²) in [6.07, 6.45) is 0. The average molecular weight is 225 g/mol. The Morgan fingerprint density at radius 1 is 1.08 bits per heavy atom. The van der Waals surface area contributed by atoms with E-state index in [4.69, 9.17) is 0 Å². The summed E-state index contributed by atoms with van der Waals surface area (Å²) in [4.78, 5) is 0. The average Bonchev–Trinajstić information content (AvgIpc) is 1.88. The predicted octanol–water partition coefficient (Wildman–Crippen LogP) is 3.22. The van der Waals surface area contributed by atoms with E-state index >= 15 is 0 Å². The Labute approximate surface area is 91.6 Å². The molecule has 0 bridgehead atoms. The first-order valence-electron chi connectivity index (χ1n) is 3.51. The second-order valence-corrected chi connectivity index (χ2v) is 3.25. The predicted molar refractivity (Wildman–Crippen MR) is 52.1 cm³/mol. The normalized spacial score (nSPS) is 9.58. The van der Waals surface area contributed by atoms with E-state index in [1.165, 1.54) is 5.56 Å². The smallest absolute Gasteiger partial charge is 0 e. The molecule has 0 spiro atoms. The van der Waals surface area contributed by atoms with E-state index in [0.29, 0.717) is 0 Å². The molecule has 0 amide bonds. The van der Waals surface area contributed by atoms with Gasteiger partial charge < -0.3 is 6.92 Å². The fourth-order valence-electron chi connectivity index (χ4n) is 0.889. The molecule has 0 fully saturated rings. The van der Waals surface area contributed by atoms with Gasteiger partial charge in [0.25, 0.3) is 0 Å². The van der Waals surface area contributed by atoms with Crippen LogP contribution >= 0.6 is 12.4 Å². The van der Waals surface area contributed by atoms with E-state index in [9.17, 15) is 0 Å². The molecule has 0 atom stereocenters. The fourth-order valence-corrected chi connectivity index (χ4v) is 0.889. The molecule has 0 aliphatic rings. The Morgan fingerprint density at radius 3 is 1.75 bits per heavy atom. The topological polar surface area (TPSA) is 0 Å². The summed E-state index contributed by atoms with van der Waals surface area (Å²) >= 11 is 0. The molecule has 0 aliphatic heterocycles. The molecule has 0 N–H and O–H groups in total. The van der Waals surface area contributed by atoms with Gasteiger partial charge in [-0.1, -0.05) is 49.7 Å². The van der Waals surface area contributed by atoms with Crippen molar-refractivity contribution in [2.45, 2.75) is 19.3 Å². The van der Waals surface area contributed by atoms with Crippen LogP contribution in [-0.4, -0.2) is 0 Å². The first kappa shape index (κ1) is 14.5. The van der Waals surface area contributed by atoms with Crippen molar-refractivity contribution in [2.24, 2.45) is 0 Å². The van der Waals surface area contributed by atoms with Gasteiger partial charge in [0.15, 0.2) is 0 Å². The maximum atomic E-state index is 4.04. The Morgan fingerprint density at radius 2 is 1.50 bits per heavy atom. The summed E-state index contributed by atoms with van der Waals surface area (Å²) in [5, 5.41) is 0. The van der Waals surface area contributed by atoms with Gasteiger partial charge in [-0.3, -0.25) is 0 Å². The van der Waals surface area contributed by atoms with Gasteiger partial charge in [-0.2, -0.15) is 0 Å². The van der Waals surface area contributed by atoms with E-state index in [0.717, 1.165) is 0 Å². The number of halogens is 1. The van der Waals surface area contributed by atoms with Gasteiger partial charge >= 0.3 is 0 Å². The van der Waals surface area contributed by atoms with Crippen LogP contribution in [0.1, 0.15) is 19.4 Å². The van der Waals surface area contributed by atoms with Crippen LogP contribution in [0.15, 0.2) is 30.3 Å². The SMILES string of the molecule is Cl.[CH2-]C(C)(C)c1ccccc1.[Mn]. The molecule has 0 heterocycles. The van der Waals surface area contributed by atoms with Crippen LogP contribution in [0.3, 0.4) is 0 Å². The Balaban J connectivity index is 0. The molecule has 69 valence electrons. The van der Waals surface area contributed by atoms with Crippen molar-refractivity contribution in [3.05, 3.63) is 42.8 Å². The number of rotatable bonds is 1. The molecule has 0 nitrogen and oxygen atoms in total. The van der Waals surface area contributed by atoms with Gasteiger partial charge in [0.1, 0.15) is 0 Å². The van der Waals surface area contributed by atoms with Gasteiger partial charge in [0, 0.05) is 17.1 Å². The van der Waals surface area contributed by atoms with Crippen molar-refractivity contribution < 1.29 is 17.1 Å². The molecule has 0 unspecified atom stereocenters. The molecule has 12 heavy (non-hydrogen) atoms. The minimum Gasteiger partial charge on any atom is -0.333 e. The Bertz CT molecular complexity index is 201. The van der Waals surface area contributed by atoms with Gasteiger partial charge in [0.05, 0.1) is 0 Å². The molecule has 0 saturated heterocycles. The quantitative estimate of drug-likeness (QED) is 0.508. The second-order valence-electron chi connectivity index (χ2n) is 3.25. The molecule has 0 aromatic heterocycles. The summed E-state index contributed by atoms with van der Waals surface area (Å²) in [5.41, 5.74) is 1.33. The molecule has 1 aromatic carbocycles. The second kappa shape index (κ2) is 5.64. The van der Waals surface area contributed by atoms with E-state index < -0.39 is 0 Å². The third kappa shape index (κ3) is 4.15. The fraction of sp³-hybridized carbons (Fsp3) is 0.300. The van der Waals surface area contributed by atoms with E-state index in [1.807, 2.05) is 18.2 Å². The maximum Gasteiger partial charge on any atom is 0 e. The van der Waals surface area contributed by atoms with Gasteiger partial charge in [-0.15, -0.1) is 17.8 Å². The summed E-state index contributed by atoms with van der Waals surface area (Å²) in [6.45, 7) is 8.27. The van der Waals surface area contributed by atoms with Crippen molar-refractivity contribution in [3.63, 3.8) is 0 Å². The maximum absolute atomic E-state index is 4.04. The molecule has 0 aliphatic carbocycles. The summed E-state index contributed by atoms with van der Waals surface area (Å²) in [6, 6.07) is 10.3. The molecule has 1 radical (unpaired) electrons. The van der Waals surface area contributed by atoms with Gasteiger partial charge in [-0.25, -0.2) is 0 Å². The number of benzene rings is 1. The minimum absolute atomic E-state index is 0. The zero-order valence-electron chi connectivity index (χ0n) is 7.38. The first-order chi connectivity index (χ1) is 4.61. The van der Waals surface area contributed by atoms with Crippen molar-refractivity contribution >= 4 is 12.4 Å². The summed E-state index contributed by atoms with van der Waals surface area (Å²) in [7, 11) is 0. The van der Waals surface area contributed by atoms with Crippen LogP contribution in [0, 0.1) is 6.92 Å². The van der Waals surface area contributed by atoms with Crippen molar-refractivity contribution in [1.29, 1.82) is 0 Å². The van der Waals surface area contributed by atoms with Crippen molar-refractivity contribution in [2.75, 3.05) is 0 Å². The molecule has 1 aromatic rings. The van der Waals surface area contributed by atoms with Gasteiger partial charge in [0.2, 0.25) is 0 Å². The largest absolute Gasteiger partial charge is 0.333 e. The molecule has 0 saturated carbocycles. The molecule has 1 rings (SSSR count). The first-order valence-corrected chi connectivity index (χ1v) is 3.51. The standard InChI is InChI=1S/C10H13.ClH.Mn/c1-10(2,3)9-7-5-4-6-8-9;;/h4-8H,1H2,2-3H3;1H;/q-1;;. The minimum atomic E-state index is 0. The van der Waals surface area contributed by atoms with Crippen LogP contribution in [0.5, 0.6) is 0 Å². The molecular formula is C10H14ClMn-. The number of hydrogen-bond donors (Lipinski definition) is 0. The zero-order chi connectivity index (χ0) is 7.61.